The lowest BCUT2D eigenvalue weighted by Crippen LogP contribution is -2.32. The second kappa shape index (κ2) is 9.39. The third-order valence-electron chi connectivity index (χ3n) is 5.00. The molecule has 1 aliphatic rings. The van der Waals surface area contributed by atoms with Crippen LogP contribution in [0.1, 0.15) is 19.4 Å². The summed E-state index contributed by atoms with van der Waals surface area (Å²) in [6.45, 7) is 4.82. The maximum atomic E-state index is 13.5. The number of benzene rings is 3. The highest BCUT2D eigenvalue weighted by Gasteiger charge is 2.40. The summed E-state index contributed by atoms with van der Waals surface area (Å²) in [5, 5.41) is 3.17. The molecule has 6 nitrogen and oxygen atoms in total. The topological polar surface area (TPSA) is 67.9 Å². The number of hydrogen-bond donors (Lipinski definition) is 1. The molecule has 3 aromatic rings. The van der Waals surface area contributed by atoms with Crippen molar-refractivity contribution in [1.82, 2.24) is 0 Å². The number of hydrogen-bond acceptors (Lipinski definition) is 5. The van der Waals surface area contributed by atoms with E-state index in [0.29, 0.717) is 47.2 Å². The van der Waals surface area contributed by atoms with Crippen LogP contribution in [-0.2, 0) is 9.59 Å². The van der Waals surface area contributed by atoms with Gasteiger partial charge in [0.05, 0.1) is 30.2 Å². The summed E-state index contributed by atoms with van der Waals surface area (Å²) in [6.07, 6.45) is 0. The Bertz CT molecular complexity index is 1150. The van der Waals surface area contributed by atoms with E-state index in [-0.39, 0.29) is 11.6 Å². The third-order valence-corrected chi connectivity index (χ3v) is 5.00. The Morgan fingerprint density at radius 3 is 2.09 bits per heavy atom. The zero-order valence-corrected chi connectivity index (χ0v) is 18.0. The predicted molar refractivity (Wildman–Crippen MR) is 125 cm³/mol. The fraction of sp³-hybridized carbons (Fsp3) is 0.154. The van der Waals surface area contributed by atoms with Gasteiger partial charge in [0.15, 0.2) is 0 Å². The number of amides is 2. The number of para-hydroxylation sites is 3. The molecular formula is C26H24N2O4. The second-order valence-electron chi connectivity index (χ2n) is 7.04. The molecule has 2 amide bonds. The molecule has 1 aliphatic heterocycles. The van der Waals surface area contributed by atoms with Crippen molar-refractivity contribution < 1.29 is 19.1 Å². The van der Waals surface area contributed by atoms with Gasteiger partial charge in [0.1, 0.15) is 17.2 Å². The summed E-state index contributed by atoms with van der Waals surface area (Å²) in [5.41, 5.74) is 2.26. The first-order chi connectivity index (χ1) is 15.6. The molecule has 0 atom stereocenters. The zero-order valence-electron chi connectivity index (χ0n) is 18.0. The van der Waals surface area contributed by atoms with Crippen molar-refractivity contribution in [3.8, 4) is 11.5 Å². The van der Waals surface area contributed by atoms with Crippen LogP contribution in [0.15, 0.2) is 84.6 Å². The molecule has 4 rings (SSSR count). The molecule has 0 radical (unpaired) electrons. The van der Waals surface area contributed by atoms with Gasteiger partial charge in [-0.2, -0.15) is 0 Å². The summed E-state index contributed by atoms with van der Waals surface area (Å²) >= 11 is 0. The highest BCUT2D eigenvalue weighted by Crippen LogP contribution is 2.36. The molecule has 1 heterocycles. The minimum absolute atomic E-state index is 0.204. The maximum Gasteiger partial charge on any atom is 0.282 e. The van der Waals surface area contributed by atoms with Gasteiger partial charge in [-0.25, -0.2) is 4.90 Å². The third kappa shape index (κ3) is 4.07. The van der Waals surface area contributed by atoms with Crippen LogP contribution in [0, 0.1) is 0 Å². The normalized spacial score (nSPS) is 13.5. The Morgan fingerprint density at radius 2 is 1.41 bits per heavy atom. The number of nitrogens with one attached hydrogen (secondary N) is 1. The number of carbonyl (C=O) groups excluding carboxylic acids is 2. The number of carbonyl (C=O) groups is 2. The van der Waals surface area contributed by atoms with Crippen LogP contribution in [-0.4, -0.2) is 25.0 Å². The van der Waals surface area contributed by atoms with Crippen LogP contribution >= 0.6 is 0 Å². The number of anilines is 2. The first-order valence-electron chi connectivity index (χ1n) is 10.5. The van der Waals surface area contributed by atoms with Crippen LogP contribution in [0.2, 0.25) is 0 Å². The van der Waals surface area contributed by atoms with Gasteiger partial charge in [-0.3, -0.25) is 9.59 Å². The summed E-state index contributed by atoms with van der Waals surface area (Å²) in [4.78, 5) is 28.1. The number of ether oxygens (including phenoxy) is 2. The minimum Gasteiger partial charge on any atom is -0.494 e. The SMILES string of the molecule is CCOc1ccc(C2=C(Nc3ccccc3OCC)C(=O)N(c3ccccc3)C2=O)cc1. The Kier molecular flexibility index (Phi) is 6.22. The Hall–Kier alpha value is -4.06. The predicted octanol–water partition coefficient (Wildman–Crippen LogP) is 4.88. The summed E-state index contributed by atoms with van der Waals surface area (Å²) in [5.74, 6) is 0.495. The van der Waals surface area contributed by atoms with Gasteiger partial charge in [-0.05, 0) is 55.8 Å². The molecule has 32 heavy (non-hydrogen) atoms. The average Bonchev–Trinajstić information content (AvgIpc) is 3.06. The summed E-state index contributed by atoms with van der Waals surface area (Å²) in [6, 6.07) is 23.4. The molecule has 1 N–H and O–H groups in total. The zero-order chi connectivity index (χ0) is 22.5. The standard InChI is InChI=1S/C26H24N2O4/c1-3-31-20-16-14-18(15-17-20)23-24(27-21-12-8-9-13-22(21)32-4-2)26(30)28(25(23)29)19-10-6-5-7-11-19/h5-17,27H,3-4H2,1-2H3. The van der Waals surface area contributed by atoms with E-state index in [1.54, 1.807) is 48.5 Å². The largest absolute Gasteiger partial charge is 0.494 e. The van der Waals surface area contributed by atoms with Crippen LogP contribution in [0.25, 0.3) is 5.57 Å². The van der Waals surface area contributed by atoms with Gasteiger partial charge in [0, 0.05) is 0 Å². The van der Waals surface area contributed by atoms with E-state index in [2.05, 4.69) is 5.32 Å². The summed E-state index contributed by atoms with van der Waals surface area (Å²) in [7, 11) is 0. The molecule has 0 saturated carbocycles. The van der Waals surface area contributed by atoms with Crippen molar-refractivity contribution in [2.45, 2.75) is 13.8 Å². The number of rotatable bonds is 8. The monoisotopic (exact) mass is 428 g/mol. The lowest BCUT2D eigenvalue weighted by Gasteiger charge is -2.16. The molecule has 0 fully saturated rings. The first-order valence-corrected chi connectivity index (χ1v) is 10.5. The Balaban J connectivity index is 1.80. The van der Waals surface area contributed by atoms with Gasteiger partial charge in [0.25, 0.3) is 11.8 Å². The van der Waals surface area contributed by atoms with Gasteiger partial charge in [-0.1, -0.05) is 42.5 Å². The van der Waals surface area contributed by atoms with E-state index in [4.69, 9.17) is 9.47 Å². The molecule has 162 valence electrons. The smallest absolute Gasteiger partial charge is 0.282 e. The van der Waals surface area contributed by atoms with Gasteiger partial charge >= 0.3 is 0 Å². The van der Waals surface area contributed by atoms with E-state index in [1.165, 1.54) is 4.90 Å². The minimum atomic E-state index is -0.420. The van der Waals surface area contributed by atoms with Crippen molar-refractivity contribution >= 4 is 28.8 Å². The van der Waals surface area contributed by atoms with Crippen molar-refractivity contribution in [3.05, 3.63) is 90.1 Å². The second-order valence-corrected chi connectivity index (χ2v) is 7.04. The molecule has 0 bridgehead atoms. The summed E-state index contributed by atoms with van der Waals surface area (Å²) < 4.78 is 11.2. The van der Waals surface area contributed by atoms with Crippen molar-refractivity contribution in [2.75, 3.05) is 23.4 Å². The fourth-order valence-electron chi connectivity index (χ4n) is 3.60. The fourth-order valence-corrected chi connectivity index (χ4v) is 3.60. The lowest BCUT2D eigenvalue weighted by atomic mass is 10.0. The number of imide groups is 1. The van der Waals surface area contributed by atoms with Crippen LogP contribution in [0.3, 0.4) is 0 Å². The van der Waals surface area contributed by atoms with E-state index in [9.17, 15) is 9.59 Å². The molecule has 0 aliphatic carbocycles. The molecule has 6 heteroatoms. The average molecular weight is 428 g/mol. The molecule has 3 aromatic carbocycles. The van der Waals surface area contributed by atoms with Gasteiger partial charge in [-0.15, -0.1) is 0 Å². The van der Waals surface area contributed by atoms with E-state index in [0.717, 1.165) is 0 Å². The number of nitrogens with zero attached hydrogens (tertiary/aromatic N) is 1. The molecule has 0 aromatic heterocycles. The molecule has 0 unspecified atom stereocenters. The quantitative estimate of drug-likeness (QED) is 0.518. The Labute approximate surface area is 187 Å². The van der Waals surface area contributed by atoms with E-state index in [1.807, 2.05) is 44.2 Å². The van der Waals surface area contributed by atoms with Crippen molar-refractivity contribution in [3.63, 3.8) is 0 Å². The molecule has 0 spiro atoms. The van der Waals surface area contributed by atoms with E-state index >= 15 is 0 Å². The van der Waals surface area contributed by atoms with E-state index < -0.39 is 5.91 Å². The van der Waals surface area contributed by atoms with Crippen molar-refractivity contribution in [1.29, 1.82) is 0 Å². The first kappa shape index (κ1) is 21.2. The van der Waals surface area contributed by atoms with Crippen LogP contribution in [0.5, 0.6) is 11.5 Å². The Morgan fingerprint density at radius 1 is 0.750 bits per heavy atom. The van der Waals surface area contributed by atoms with Crippen molar-refractivity contribution in [2.24, 2.45) is 0 Å². The van der Waals surface area contributed by atoms with Crippen LogP contribution in [0.4, 0.5) is 11.4 Å². The molecule has 0 saturated heterocycles. The highest BCUT2D eigenvalue weighted by molar-refractivity contribution is 6.46. The maximum absolute atomic E-state index is 13.5. The highest BCUT2D eigenvalue weighted by atomic mass is 16.5. The molecular weight excluding hydrogens is 404 g/mol. The van der Waals surface area contributed by atoms with Crippen LogP contribution < -0.4 is 19.7 Å². The van der Waals surface area contributed by atoms with Gasteiger partial charge < -0.3 is 14.8 Å². The van der Waals surface area contributed by atoms with Gasteiger partial charge in [0.2, 0.25) is 0 Å². The lowest BCUT2D eigenvalue weighted by molar-refractivity contribution is -0.120.